The van der Waals surface area contributed by atoms with Crippen LogP contribution in [-0.4, -0.2) is 59.5 Å². The zero-order valence-corrected chi connectivity index (χ0v) is 12.5. The molecule has 21 heavy (non-hydrogen) atoms. The molecule has 1 aromatic rings. The zero-order chi connectivity index (χ0) is 14.7. The summed E-state index contributed by atoms with van der Waals surface area (Å²) < 4.78 is 0. The van der Waals surface area contributed by atoms with E-state index in [1.165, 1.54) is 5.56 Å². The van der Waals surface area contributed by atoms with Gasteiger partial charge in [-0.1, -0.05) is 18.2 Å². The van der Waals surface area contributed by atoms with E-state index in [1.54, 1.807) is 0 Å². The Hall–Kier alpha value is -1.72. The summed E-state index contributed by atoms with van der Waals surface area (Å²) in [6.45, 7) is 7.20. The number of rotatable bonds is 3. The van der Waals surface area contributed by atoms with Gasteiger partial charge in [-0.05, 0) is 18.6 Å². The molecular formula is C16H22N4O. The highest BCUT2D eigenvalue weighted by atomic mass is 16.2. The Labute approximate surface area is 125 Å². The number of nitrogens with one attached hydrogen (secondary N) is 1. The summed E-state index contributed by atoms with van der Waals surface area (Å²) in [7, 11) is 0. The highest BCUT2D eigenvalue weighted by Crippen LogP contribution is 2.11. The molecule has 3 heterocycles. The number of carbonyl (C=O) groups excluding carboxylic acids is 1. The van der Waals surface area contributed by atoms with Crippen molar-refractivity contribution in [3.63, 3.8) is 0 Å². The highest BCUT2D eigenvalue weighted by Gasteiger charge is 2.27. The number of piperazine rings is 1. The highest BCUT2D eigenvalue weighted by molar-refractivity contribution is 5.84. The largest absolute Gasteiger partial charge is 0.338 e. The first-order valence-electron chi connectivity index (χ1n) is 7.56. The third kappa shape index (κ3) is 3.31. The van der Waals surface area contributed by atoms with Crippen LogP contribution in [0.25, 0.3) is 0 Å². The van der Waals surface area contributed by atoms with Crippen molar-refractivity contribution >= 4 is 5.91 Å². The number of pyridine rings is 1. The molecule has 1 saturated heterocycles. The second kappa shape index (κ2) is 6.37. The van der Waals surface area contributed by atoms with Crippen molar-refractivity contribution in [3.8, 4) is 0 Å². The van der Waals surface area contributed by atoms with E-state index >= 15 is 0 Å². The van der Waals surface area contributed by atoms with Crippen molar-refractivity contribution < 1.29 is 4.79 Å². The zero-order valence-electron chi connectivity index (χ0n) is 12.5. The average molecular weight is 286 g/mol. The number of hydrogen-bond acceptors (Lipinski definition) is 4. The van der Waals surface area contributed by atoms with Gasteiger partial charge in [0.15, 0.2) is 0 Å². The van der Waals surface area contributed by atoms with Crippen LogP contribution in [0.1, 0.15) is 11.3 Å². The van der Waals surface area contributed by atoms with Crippen LogP contribution in [0.5, 0.6) is 0 Å². The van der Waals surface area contributed by atoms with Crippen molar-refractivity contribution in [2.24, 2.45) is 0 Å². The standard InChI is InChI=1S/C16H22N4O/c1-13-4-2-6-18-15(13)12-19-8-10-20(11-9-19)16(21)14-5-3-7-17-14/h2-6,14,17H,7-12H2,1H3/t14-/m0/s1. The first-order valence-corrected chi connectivity index (χ1v) is 7.56. The maximum atomic E-state index is 12.3. The molecule has 0 radical (unpaired) electrons. The molecule has 0 saturated carbocycles. The van der Waals surface area contributed by atoms with Gasteiger partial charge in [-0.2, -0.15) is 0 Å². The summed E-state index contributed by atoms with van der Waals surface area (Å²) in [6.07, 6.45) is 5.83. The molecule has 5 nitrogen and oxygen atoms in total. The third-order valence-corrected chi connectivity index (χ3v) is 4.23. The lowest BCUT2D eigenvalue weighted by molar-refractivity contribution is -0.133. The summed E-state index contributed by atoms with van der Waals surface area (Å²) in [4.78, 5) is 21.1. The number of aryl methyl sites for hydroxylation is 1. The fourth-order valence-electron chi connectivity index (χ4n) is 2.86. The van der Waals surface area contributed by atoms with Gasteiger partial charge in [-0.15, -0.1) is 0 Å². The van der Waals surface area contributed by atoms with Crippen LogP contribution >= 0.6 is 0 Å². The molecule has 2 aliphatic heterocycles. The predicted octanol–water partition coefficient (Wildman–Crippen LogP) is 0.562. The summed E-state index contributed by atoms with van der Waals surface area (Å²) in [5.74, 6) is 0.206. The SMILES string of the molecule is Cc1cccnc1CN1CCN(C(=O)[C@@H]2C=CCN2)CC1. The van der Waals surface area contributed by atoms with Crippen molar-refractivity contribution in [2.45, 2.75) is 19.5 Å². The Morgan fingerprint density at radius 1 is 1.38 bits per heavy atom. The van der Waals surface area contributed by atoms with Gasteiger partial charge in [0.05, 0.1) is 5.69 Å². The van der Waals surface area contributed by atoms with Gasteiger partial charge < -0.3 is 4.90 Å². The lowest BCUT2D eigenvalue weighted by Gasteiger charge is -2.35. The number of nitrogens with zero attached hydrogens (tertiary/aromatic N) is 3. The Kier molecular flexibility index (Phi) is 4.31. The first-order chi connectivity index (χ1) is 10.2. The molecule has 1 aromatic heterocycles. The first kappa shape index (κ1) is 14.2. The Balaban J connectivity index is 1.52. The van der Waals surface area contributed by atoms with Gasteiger partial charge in [-0.3, -0.25) is 20.0 Å². The lowest BCUT2D eigenvalue weighted by Crippen LogP contribution is -2.52. The van der Waals surface area contributed by atoms with E-state index in [1.807, 2.05) is 29.3 Å². The summed E-state index contributed by atoms with van der Waals surface area (Å²) >= 11 is 0. The minimum atomic E-state index is -0.116. The van der Waals surface area contributed by atoms with E-state index in [-0.39, 0.29) is 11.9 Å². The van der Waals surface area contributed by atoms with E-state index in [0.29, 0.717) is 0 Å². The number of hydrogen-bond donors (Lipinski definition) is 1. The third-order valence-electron chi connectivity index (χ3n) is 4.23. The molecular weight excluding hydrogens is 264 g/mol. The van der Waals surface area contributed by atoms with Crippen LogP contribution in [0, 0.1) is 6.92 Å². The predicted molar refractivity (Wildman–Crippen MR) is 81.8 cm³/mol. The van der Waals surface area contributed by atoms with Gasteiger partial charge in [0.1, 0.15) is 6.04 Å². The lowest BCUT2D eigenvalue weighted by atomic mass is 10.2. The van der Waals surface area contributed by atoms with Crippen LogP contribution in [0.4, 0.5) is 0 Å². The van der Waals surface area contributed by atoms with Crippen LogP contribution < -0.4 is 5.32 Å². The smallest absolute Gasteiger partial charge is 0.243 e. The fourth-order valence-corrected chi connectivity index (χ4v) is 2.86. The van der Waals surface area contributed by atoms with Gasteiger partial charge in [0.25, 0.3) is 0 Å². The van der Waals surface area contributed by atoms with Crippen LogP contribution in [0.15, 0.2) is 30.5 Å². The molecule has 0 unspecified atom stereocenters. The molecule has 1 atom stereocenters. The molecule has 1 N–H and O–H groups in total. The Morgan fingerprint density at radius 2 is 2.19 bits per heavy atom. The average Bonchev–Trinajstić information content (AvgIpc) is 3.04. The van der Waals surface area contributed by atoms with Crippen LogP contribution in [0.3, 0.4) is 0 Å². The quantitative estimate of drug-likeness (QED) is 0.825. The van der Waals surface area contributed by atoms with Crippen LogP contribution in [-0.2, 0) is 11.3 Å². The summed E-state index contributed by atoms with van der Waals surface area (Å²) in [5, 5.41) is 3.19. The minimum absolute atomic E-state index is 0.116. The van der Waals surface area contributed by atoms with Gasteiger partial charge >= 0.3 is 0 Å². The topological polar surface area (TPSA) is 48.5 Å². The minimum Gasteiger partial charge on any atom is -0.338 e. The van der Waals surface area contributed by atoms with E-state index < -0.39 is 0 Å². The molecule has 1 amide bonds. The molecule has 5 heteroatoms. The summed E-state index contributed by atoms with van der Waals surface area (Å²) in [5.41, 5.74) is 2.37. The molecule has 112 valence electrons. The van der Waals surface area contributed by atoms with Gasteiger partial charge in [0.2, 0.25) is 5.91 Å². The second-order valence-corrected chi connectivity index (χ2v) is 5.68. The second-order valence-electron chi connectivity index (χ2n) is 5.68. The molecule has 2 aliphatic rings. The maximum Gasteiger partial charge on any atom is 0.243 e. The molecule has 3 rings (SSSR count). The maximum absolute atomic E-state index is 12.3. The van der Waals surface area contributed by atoms with Gasteiger partial charge in [0, 0.05) is 45.5 Å². The summed E-state index contributed by atoms with van der Waals surface area (Å²) in [6, 6.07) is 3.95. The molecule has 1 fully saturated rings. The van der Waals surface area contributed by atoms with Crippen molar-refractivity contribution in [1.29, 1.82) is 0 Å². The Bertz CT molecular complexity index is 535. The molecule has 0 aliphatic carbocycles. The monoisotopic (exact) mass is 286 g/mol. The van der Waals surface area contributed by atoms with Crippen molar-refractivity contribution in [1.82, 2.24) is 20.1 Å². The fraction of sp³-hybridized carbons (Fsp3) is 0.500. The number of carbonyl (C=O) groups is 1. The van der Waals surface area contributed by atoms with Crippen LogP contribution in [0.2, 0.25) is 0 Å². The van der Waals surface area contributed by atoms with E-state index in [9.17, 15) is 4.79 Å². The van der Waals surface area contributed by atoms with Crippen molar-refractivity contribution in [3.05, 3.63) is 41.7 Å². The number of amides is 1. The Morgan fingerprint density at radius 3 is 2.86 bits per heavy atom. The van der Waals surface area contributed by atoms with Gasteiger partial charge in [-0.25, -0.2) is 0 Å². The number of aromatic nitrogens is 1. The molecule has 0 aromatic carbocycles. The molecule has 0 bridgehead atoms. The van der Waals surface area contributed by atoms with E-state index in [2.05, 4.69) is 28.2 Å². The normalized spacial score (nSPS) is 22.7. The molecule has 0 spiro atoms. The van der Waals surface area contributed by atoms with E-state index in [0.717, 1.165) is 45.0 Å². The van der Waals surface area contributed by atoms with E-state index in [4.69, 9.17) is 0 Å². The van der Waals surface area contributed by atoms with Crippen molar-refractivity contribution in [2.75, 3.05) is 32.7 Å².